The normalized spacial score (nSPS) is 23.5. The molecule has 0 bridgehead atoms. The lowest BCUT2D eigenvalue weighted by atomic mass is 9.50. The summed E-state index contributed by atoms with van der Waals surface area (Å²) in [5, 5.41) is 10.1. The van der Waals surface area contributed by atoms with Gasteiger partial charge in [-0.3, -0.25) is 4.79 Å². The number of amides is 1. The molecule has 0 radical (unpaired) electrons. The van der Waals surface area contributed by atoms with Gasteiger partial charge in [0.25, 0.3) is 15.9 Å². The second-order valence-electron chi connectivity index (χ2n) is 10.9. The highest BCUT2D eigenvalue weighted by atomic mass is 35.5. The molecule has 1 amide bonds. The SMILES string of the molecule is O=C(NS(=O)(=O)c1cccc(N2CC[C@H](O)C2)n1)C1(Oc2cc(Cl)ccc2C2CC3(CCC3)C2)CC1.S. The lowest BCUT2D eigenvalue weighted by molar-refractivity contribution is -0.128. The molecule has 3 aliphatic carbocycles. The molecule has 2 aromatic rings. The molecule has 37 heavy (non-hydrogen) atoms. The summed E-state index contributed by atoms with van der Waals surface area (Å²) in [4.78, 5) is 19.3. The van der Waals surface area contributed by atoms with Crippen molar-refractivity contribution in [1.29, 1.82) is 0 Å². The van der Waals surface area contributed by atoms with Crippen molar-refractivity contribution in [3.63, 3.8) is 0 Å². The van der Waals surface area contributed by atoms with Gasteiger partial charge in [-0.25, -0.2) is 9.71 Å². The Morgan fingerprint density at radius 3 is 2.54 bits per heavy atom. The molecule has 0 unspecified atom stereocenters. The number of halogens is 1. The Kier molecular flexibility index (Phi) is 6.92. The van der Waals surface area contributed by atoms with E-state index in [1.807, 2.05) is 17.0 Å². The summed E-state index contributed by atoms with van der Waals surface area (Å²) in [6.07, 6.45) is 7.09. The van der Waals surface area contributed by atoms with Crippen molar-refractivity contribution in [1.82, 2.24) is 9.71 Å². The summed E-state index contributed by atoms with van der Waals surface area (Å²) in [5.41, 5.74) is 0.293. The first-order valence-electron chi connectivity index (χ1n) is 12.6. The summed E-state index contributed by atoms with van der Waals surface area (Å²) in [6.45, 7) is 0.981. The van der Waals surface area contributed by atoms with Crippen LogP contribution in [-0.4, -0.2) is 49.2 Å². The Hall–Kier alpha value is -2.01. The highest BCUT2D eigenvalue weighted by molar-refractivity contribution is 7.90. The first-order valence-corrected chi connectivity index (χ1v) is 14.5. The largest absolute Gasteiger partial charge is 0.477 e. The molecule has 1 spiro atoms. The van der Waals surface area contributed by atoms with E-state index in [-0.39, 0.29) is 18.5 Å². The smallest absolute Gasteiger partial charge is 0.281 e. The van der Waals surface area contributed by atoms with E-state index >= 15 is 0 Å². The molecule has 200 valence electrons. The second kappa shape index (κ2) is 9.63. The number of hydrogen-bond donors (Lipinski definition) is 2. The molecular weight excluding hydrogens is 534 g/mol. The molecule has 3 saturated carbocycles. The Morgan fingerprint density at radius 1 is 1.16 bits per heavy atom. The molecule has 1 atom stereocenters. The van der Waals surface area contributed by atoms with Crippen LogP contribution in [0.1, 0.15) is 62.8 Å². The van der Waals surface area contributed by atoms with E-state index < -0.39 is 27.6 Å². The van der Waals surface area contributed by atoms with Crippen LogP contribution < -0.4 is 14.4 Å². The van der Waals surface area contributed by atoms with E-state index in [9.17, 15) is 18.3 Å². The van der Waals surface area contributed by atoms with Crippen LogP contribution in [0.3, 0.4) is 0 Å². The Balaban J connectivity index is 0.00000280. The topological polar surface area (TPSA) is 109 Å². The number of rotatable bonds is 7. The van der Waals surface area contributed by atoms with Crippen LogP contribution in [0.5, 0.6) is 5.75 Å². The third-order valence-corrected chi connectivity index (χ3v) is 9.78. The van der Waals surface area contributed by atoms with Gasteiger partial charge in [0.15, 0.2) is 10.6 Å². The minimum Gasteiger partial charge on any atom is -0.477 e. The van der Waals surface area contributed by atoms with Crippen molar-refractivity contribution in [3.8, 4) is 5.75 Å². The number of benzene rings is 1. The van der Waals surface area contributed by atoms with Gasteiger partial charge in [0, 0.05) is 31.0 Å². The number of hydrogen-bond acceptors (Lipinski definition) is 7. The number of pyridine rings is 1. The molecule has 1 aliphatic heterocycles. The fraction of sp³-hybridized carbons (Fsp3) is 0.538. The number of aliphatic hydroxyl groups is 1. The quantitative estimate of drug-likeness (QED) is 0.524. The van der Waals surface area contributed by atoms with Gasteiger partial charge in [0.1, 0.15) is 11.6 Å². The monoisotopic (exact) mass is 565 g/mol. The van der Waals surface area contributed by atoms with Gasteiger partial charge in [-0.1, -0.05) is 30.2 Å². The number of anilines is 1. The average Bonchev–Trinajstić information content (AvgIpc) is 3.44. The van der Waals surface area contributed by atoms with Crippen LogP contribution in [0.4, 0.5) is 5.82 Å². The molecule has 11 heteroatoms. The Bertz CT molecular complexity index is 1310. The number of β-amino-alcohol motifs (C(OH)–C–C–N with tert-alkyl or cyclic N) is 1. The van der Waals surface area contributed by atoms with Gasteiger partial charge in [-0.2, -0.15) is 21.9 Å². The molecule has 1 aromatic carbocycles. The van der Waals surface area contributed by atoms with Crippen LogP contribution in [0.2, 0.25) is 5.02 Å². The maximum Gasteiger partial charge on any atom is 0.281 e. The van der Waals surface area contributed by atoms with Crippen molar-refractivity contribution >= 4 is 46.8 Å². The third-order valence-electron chi connectivity index (χ3n) is 8.31. The summed E-state index contributed by atoms with van der Waals surface area (Å²) < 4.78 is 34.5. The summed E-state index contributed by atoms with van der Waals surface area (Å²) >= 11 is 6.27. The van der Waals surface area contributed by atoms with Crippen molar-refractivity contribution in [3.05, 3.63) is 47.0 Å². The van der Waals surface area contributed by atoms with E-state index in [0.29, 0.717) is 60.3 Å². The standard InChI is InChI=1S/C26H30ClN3O5S.H2S/c27-18-5-6-20(17-14-25(15-17)8-2-9-25)21(13-18)35-26(10-11-26)24(32)29-36(33,34)23-4-1-3-22(28-23)30-12-7-19(31)16-30;/h1,3-6,13,17,19,31H,2,7-12,14-16H2,(H,29,32);1H2/t19-;/m0./s1. The summed E-state index contributed by atoms with van der Waals surface area (Å²) in [7, 11) is -4.21. The van der Waals surface area contributed by atoms with Crippen molar-refractivity contribution < 1.29 is 23.1 Å². The van der Waals surface area contributed by atoms with E-state index in [1.165, 1.54) is 25.3 Å². The van der Waals surface area contributed by atoms with Gasteiger partial charge in [0.05, 0.1) is 6.10 Å². The predicted octanol–water partition coefficient (Wildman–Crippen LogP) is 3.88. The molecular formula is C26H32ClN3O5S2. The molecule has 6 rings (SSSR count). The van der Waals surface area contributed by atoms with E-state index in [2.05, 4.69) is 9.71 Å². The fourth-order valence-electron chi connectivity index (χ4n) is 5.87. The number of aromatic nitrogens is 1. The average molecular weight is 566 g/mol. The Labute approximate surface area is 229 Å². The van der Waals surface area contributed by atoms with Gasteiger partial charge in [-0.05, 0) is 73.3 Å². The van der Waals surface area contributed by atoms with Crippen LogP contribution >= 0.6 is 25.1 Å². The highest BCUT2D eigenvalue weighted by Gasteiger charge is 2.55. The van der Waals surface area contributed by atoms with Crippen molar-refractivity contribution in [2.45, 2.75) is 74.0 Å². The fourth-order valence-corrected chi connectivity index (χ4v) is 7.04. The lowest BCUT2D eigenvalue weighted by Crippen LogP contribution is -2.44. The highest BCUT2D eigenvalue weighted by Crippen LogP contribution is 2.63. The number of ether oxygens (including phenoxy) is 1. The zero-order valence-corrected chi connectivity index (χ0v) is 23.0. The van der Waals surface area contributed by atoms with Crippen molar-refractivity contribution in [2.24, 2.45) is 5.41 Å². The number of carbonyl (C=O) groups excluding carboxylic acids is 1. The number of nitrogens with zero attached hydrogens (tertiary/aromatic N) is 2. The van der Waals surface area contributed by atoms with Gasteiger partial charge in [0.2, 0.25) is 0 Å². The minimum atomic E-state index is -4.21. The van der Waals surface area contributed by atoms with Gasteiger partial charge >= 0.3 is 0 Å². The molecule has 4 aliphatic rings. The number of sulfonamides is 1. The molecule has 1 aromatic heterocycles. The second-order valence-corrected chi connectivity index (χ2v) is 13.0. The van der Waals surface area contributed by atoms with E-state index in [1.54, 1.807) is 18.2 Å². The molecule has 2 N–H and O–H groups in total. The summed E-state index contributed by atoms with van der Waals surface area (Å²) in [5.74, 6) is 0.699. The Morgan fingerprint density at radius 2 is 1.92 bits per heavy atom. The minimum absolute atomic E-state index is 0. The number of nitrogens with one attached hydrogen (secondary N) is 1. The number of carbonyl (C=O) groups is 1. The maximum atomic E-state index is 13.2. The van der Waals surface area contributed by atoms with E-state index in [0.717, 1.165) is 18.4 Å². The van der Waals surface area contributed by atoms with Crippen LogP contribution in [0.15, 0.2) is 41.4 Å². The van der Waals surface area contributed by atoms with Crippen molar-refractivity contribution in [2.75, 3.05) is 18.0 Å². The molecule has 1 saturated heterocycles. The van der Waals surface area contributed by atoms with Crippen LogP contribution in [-0.2, 0) is 14.8 Å². The molecule has 4 fully saturated rings. The third kappa shape index (κ3) is 5.05. The molecule has 8 nitrogen and oxygen atoms in total. The van der Waals surface area contributed by atoms with Gasteiger partial charge in [-0.15, -0.1) is 0 Å². The predicted molar refractivity (Wildman–Crippen MR) is 145 cm³/mol. The van der Waals surface area contributed by atoms with E-state index in [4.69, 9.17) is 16.3 Å². The zero-order chi connectivity index (χ0) is 25.1. The summed E-state index contributed by atoms with van der Waals surface area (Å²) in [6, 6.07) is 10.2. The van der Waals surface area contributed by atoms with Crippen LogP contribution in [0, 0.1) is 5.41 Å². The van der Waals surface area contributed by atoms with Crippen LogP contribution in [0.25, 0.3) is 0 Å². The van der Waals surface area contributed by atoms with Gasteiger partial charge < -0.3 is 14.7 Å². The number of aliphatic hydroxyl groups excluding tert-OH is 1. The lowest BCUT2D eigenvalue weighted by Gasteiger charge is -2.54. The first kappa shape index (κ1) is 26.6. The zero-order valence-electron chi connectivity index (χ0n) is 20.5. The maximum absolute atomic E-state index is 13.2. The first-order chi connectivity index (χ1) is 17.2. The molecule has 2 heterocycles.